The Labute approximate surface area is 155 Å². The summed E-state index contributed by atoms with van der Waals surface area (Å²) in [7, 11) is 0. The van der Waals surface area contributed by atoms with E-state index in [0.29, 0.717) is 18.9 Å². The lowest BCUT2D eigenvalue weighted by molar-refractivity contribution is -0.134. The van der Waals surface area contributed by atoms with Crippen molar-refractivity contribution in [3.05, 3.63) is 48.2 Å². The second-order valence-electron chi connectivity index (χ2n) is 5.80. The number of hydrogen-bond acceptors (Lipinski definition) is 5. The van der Waals surface area contributed by atoms with Gasteiger partial charge in [-0.1, -0.05) is 0 Å². The molecule has 1 aromatic carbocycles. The summed E-state index contributed by atoms with van der Waals surface area (Å²) in [6.45, 7) is 4.17. The molecule has 4 rings (SSSR count). The summed E-state index contributed by atoms with van der Waals surface area (Å²) in [5.74, 6) is -0.860. The fraction of sp³-hybridized carbons (Fsp3) is 0.211. The monoisotopic (exact) mass is 370 g/mol. The SMILES string of the molecule is CC1=NCCn2c1ccc2-c1ccc2c(c1)OCO2.O=C(O)/C=C/C(=O)O. The third-order valence-corrected chi connectivity index (χ3v) is 4.06. The molecule has 0 aliphatic carbocycles. The van der Waals surface area contributed by atoms with Crippen LogP contribution in [0, 0.1) is 0 Å². The van der Waals surface area contributed by atoms with Crippen molar-refractivity contribution in [1.82, 2.24) is 4.57 Å². The number of benzene rings is 1. The van der Waals surface area contributed by atoms with Crippen LogP contribution in [0.15, 0.2) is 47.5 Å². The largest absolute Gasteiger partial charge is 0.478 e. The molecule has 0 saturated carbocycles. The molecule has 2 N–H and O–H groups in total. The van der Waals surface area contributed by atoms with Gasteiger partial charge in [0.25, 0.3) is 0 Å². The van der Waals surface area contributed by atoms with Crippen molar-refractivity contribution in [2.75, 3.05) is 13.3 Å². The number of rotatable bonds is 3. The van der Waals surface area contributed by atoms with E-state index in [2.05, 4.69) is 34.7 Å². The van der Waals surface area contributed by atoms with E-state index >= 15 is 0 Å². The number of hydrogen-bond donors (Lipinski definition) is 2. The van der Waals surface area contributed by atoms with Gasteiger partial charge in [-0.2, -0.15) is 0 Å². The fourth-order valence-electron chi connectivity index (χ4n) is 2.87. The summed E-state index contributed by atoms with van der Waals surface area (Å²) in [6, 6.07) is 10.4. The minimum Gasteiger partial charge on any atom is -0.478 e. The number of aromatic nitrogens is 1. The molecule has 0 bridgehead atoms. The van der Waals surface area contributed by atoms with E-state index in [1.54, 1.807) is 0 Å². The molecule has 0 radical (unpaired) electrons. The maximum absolute atomic E-state index is 9.55. The first-order valence-electron chi connectivity index (χ1n) is 8.20. The van der Waals surface area contributed by atoms with Crippen molar-refractivity contribution in [3.8, 4) is 22.8 Å². The highest BCUT2D eigenvalue weighted by molar-refractivity contribution is 5.98. The van der Waals surface area contributed by atoms with Crippen molar-refractivity contribution in [2.24, 2.45) is 4.99 Å². The van der Waals surface area contributed by atoms with E-state index in [0.717, 1.165) is 35.9 Å². The standard InChI is InChI=1S/C15H14N2O2.C4H4O4/c1-10-12-3-4-13(17(12)7-6-16-10)11-2-5-14-15(8-11)19-9-18-14;5-3(6)1-2-4(7)8/h2-5,8H,6-7,9H2,1H3;1-2H,(H,5,6)(H,7,8)/b;2-1+. The van der Waals surface area contributed by atoms with Gasteiger partial charge in [-0.05, 0) is 37.3 Å². The molecule has 2 aliphatic rings. The Kier molecular flexibility index (Phi) is 5.25. The van der Waals surface area contributed by atoms with Gasteiger partial charge in [-0.25, -0.2) is 9.59 Å². The van der Waals surface area contributed by atoms with E-state index in [1.165, 1.54) is 11.4 Å². The Hall–Kier alpha value is -3.55. The third-order valence-electron chi connectivity index (χ3n) is 4.06. The van der Waals surface area contributed by atoms with Crippen LogP contribution in [0.5, 0.6) is 11.5 Å². The number of carboxylic acid groups (broad SMARTS) is 2. The van der Waals surface area contributed by atoms with Crippen LogP contribution in [0.1, 0.15) is 12.6 Å². The molecule has 8 nitrogen and oxygen atoms in total. The Morgan fingerprint density at radius 1 is 1.04 bits per heavy atom. The van der Waals surface area contributed by atoms with Crippen LogP contribution in [-0.2, 0) is 16.1 Å². The maximum atomic E-state index is 9.55. The molecule has 0 spiro atoms. The quantitative estimate of drug-likeness (QED) is 0.803. The van der Waals surface area contributed by atoms with E-state index in [4.69, 9.17) is 19.7 Å². The molecular formula is C19H18N2O6. The topological polar surface area (TPSA) is 110 Å². The van der Waals surface area contributed by atoms with Gasteiger partial charge < -0.3 is 24.3 Å². The fourth-order valence-corrected chi connectivity index (χ4v) is 2.87. The molecule has 0 fully saturated rings. The summed E-state index contributed by atoms with van der Waals surface area (Å²) in [5.41, 5.74) is 4.69. The van der Waals surface area contributed by atoms with Gasteiger partial charge in [0.1, 0.15) is 0 Å². The van der Waals surface area contributed by atoms with Gasteiger partial charge in [0.2, 0.25) is 6.79 Å². The number of carbonyl (C=O) groups is 2. The van der Waals surface area contributed by atoms with E-state index < -0.39 is 11.9 Å². The van der Waals surface area contributed by atoms with Crippen LogP contribution >= 0.6 is 0 Å². The van der Waals surface area contributed by atoms with Crippen molar-refractivity contribution in [1.29, 1.82) is 0 Å². The first kappa shape index (κ1) is 18.2. The molecule has 27 heavy (non-hydrogen) atoms. The van der Waals surface area contributed by atoms with E-state index in [-0.39, 0.29) is 0 Å². The van der Waals surface area contributed by atoms with Crippen LogP contribution in [0.4, 0.5) is 0 Å². The number of nitrogens with zero attached hydrogens (tertiary/aromatic N) is 2. The minimum absolute atomic E-state index is 0.316. The second kappa shape index (κ2) is 7.77. The van der Waals surface area contributed by atoms with E-state index in [1.807, 2.05) is 12.1 Å². The normalized spacial score (nSPS) is 14.2. The lowest BCUT2D eigenvalue weighted by Crippen LogP contribution is -2.16. The highest BCUT2D eigenvalue weighted by atomic mass is 16.7. The van der Waals surface area contributed by atoms with Gasteiger partial charge in [0.15, 0.2) is 11.5 Å². The lowest BCUT2D eigenvalue weighted by Gasteiger charge is -2.17. The van der Waals surface area contributed by atoms with Crippen molar-refractivity contribution in [2.45, 2.75) is 13.5 Å². The maximum Gasteiger partial charge on any atom is 0.328 e. The van der Waals surface area contributed by atoms with Gasteiger partial charge in [0, 0.05) is 30.0 Å². The zero-order valence-corrected chi connectivity index (χ0v) is 14.6. The van der Waals surface area contributed by atoms with Crippen LogP contribution in [0.25, 0.3) is 11.3 Å². The Balaban J connectivity index is 0.000000226. The molecule has 0 saturated heterocycles. The van der Waals surface area contributed by atoms with E-state index in [9.17, 15) is 9.59 Å². The lowest BCUT2D eigenvalue weighted by atomic mass is 10.1. The van der Waals surface area contributed by atoms with Gasteiger partial charge in [-0.15, -0.1) is 0 Å². The molecular weight excluding hydrogens is 352 g/mol. The van der Waals surface area contributed by atoms with Crippen LogP contribution in [0.3, 0.4) is 0 Å². The number of ether oxygens (including phenoxy) is 2. The summed E-state index contributed by atoms with van der Waals surface area (Å²) < 4.78 is 13.1. The molecule has 0 unspecified atom stereocenters. The summed E-state index contributed by atoms with van der Waals surface area (Å²) >= 11 is 0. The minimum atomic E-state index is -1.26. The highest BCUT2D eigenvalue weighted by Gasteiger charge is 2.18. The molecule has 140 valence electrons. The number of aliphatic carboxylic acids is 2. The number of carboxylic acids is 2. The third kappa shape index (κ3) is 4.17. The number of aliphatic imine (C=N–C) groups is 1. The van der Waals surface area contributed by atoms with Crippen LogP contribution in [-0.4, -0.2) is 45.8 Å². The molecule has 2 aromatic rings. The zero-order chi connectivity index (χ0) is 19.4. The van der Waals surface area contributed by atoms with Crippen LogP contribution < -0.4 is 9.47 Å². The smallest absolute Gasteiger partial charge is 0.328 e. The van der Waals surface area contributed by atoms with Crippen LogP contribution in [0.2, 0.25) is 0 Å². The summed E-state index contributed by atoms with van der Waals surface area (Å²) in [6.07, 6.45) is 1.12. The summed E-state index contributed by atoms with van der Waals surface area (Å²) in [5, 5.41) is 15.6. The first-order valence-corrected chi connectivity index (χ1v) is 8.20. The average Bonchev–Trinajstić information content (AvgIpc) is 3.27. The average molecular weight is 370 g/mol. The van der Waals surface area contributed by atoms with Gasteiger partial charge in [0.05, 0.1) is 18.0 Å². The molecule has 3 heterocycles. The molecule has 0 atom stereocenters. The second-order valence-corrected chi connectivity index (χ2v) is 5.80. The first-order chi connectivity index (χ1) is 13.0. The Bertz CT molecular complexity index is 926. The predicted molar refractivity (Wildman–Crippen MR) is 97.5 cm³/mol. The summed E-state index contributed by atoms with van der Waals surface area (Å²) in [4.78, 5) is 23.6. The zero-order valence-electron chi connectivity index (χ0n) is 14.6. The van der Waals surface area contributed by atoms with Gasteiger partial charge in [-0.3, -0.25) is 4.99 Å². The molecule has 0 amide bonds. The predicted octanol–water partition coefficient (Wildman–Crippen LogP) is 2.42. The van der Waals surface area contributed by atoms with Crippen molar-refractivity contribution < 1.29 is 29.3 Å². The Morgan fingerprint density at radius 3 is 2.41 bits per heavy atom. The highest BCUT2D eigenvalue weighted by Crippen LogP contribution is 2.36. The molecule has 8 heteroatoms. The molecule has 1 aromatic heterocycles. The van der Waals surface area contributed by atoms with Crippen molar-refractivity contribution >= 4 is 17.7 Å². The number of fused-ring (bicyclic) bond motifs is 2. The van der Waals surface area contributed by atoms with Gasteiger partial charge >= 0.3 is 11.9 Å². The molecule has 2 aliphatic heterocycles. The Morgan fingerprint density at radius 2 is 1.70 bits per heavy atom. The van der Waals surface area contributed by atoms with Crippen molar-refractivity contribution in [3.63, 3.8) is 0 Å².